The van der Waals surface area contributed by atoms with Crippen LogP contribution in [0.25, 0.3) is 0 Å². The van der Waals surface area contributed by atoms with E-state index >= 15 is 0 Å². The molecular formula is C25H33FN2O4S. The van der Waals surface area contributed by atoms with Crippen LogP contribution in [0, 0.1) is 12.7 Å². The maximum atomic E-state index is 13.6. The molecule has 1 fully saturated rings. The van der Waals surface area contributed by atoms with Crippen LogP contribution in [0.1, 0.15) is 67.8 Å². The van der Waals surface area contributed by atoms with Crippen LogP contribution in [-0.2, 0) is 21.2 Å². The van der Waals surface area contributed by atoms with Crippen LogP contribution < -0.4 is 10.3 Å². The molecule has 1 aromatic carbocycles. The van der Waals surface area contributed by atoms with Crippen molar-refractivity contribution in [2.75, 3.05) is 12.4 Å². The van der Waals surface area contributed by atoms with E-state index in [1.165, 1.54) is 6.07 Å². The molecule has 8 heteroatoms. The van der Waals surface area contributed by atoms with Crippen molar-refractivity contribution in [2.24, 2.45) is 0 Å². The zero-order chi connectivity index (χ0) is 23.6. The van der Waals surface area contributed by atoms with Crippen molar-refractivity contribution in [3.05, 3.63) is 69.4 Å². The number of aryl methyl sites for hydroxylation is 2. The highest BCUT2D eigenvalue weighted by molar-refractivity contribution is 7.89. The molecular weight excluding hydrogens is 443 g/mol. The van der Waals surface area contributed by atoms with E-state index in [-0.39, 0.29) is 41.9 Å². The quantitative estimate of drug-likeness (QED) is 0.659. The Kier molecular flexibility index (Phi) is 7.36. The normalized spacial score (nSPS) is 25.5. The molecule has 0 saturated heterocycles. The third kappa shape index (κ3) is 5.55. The van der Waals surface area contributed by atoms with Crippen LogP contribution in [-0.4, -0.2) is 37.5 Å². The summed E-state index contributed by atoms with van der Waals surface area (Å²) in [4.78, 5) is 13.0. The molecule has 180 valence electrons. The van der Waals surface area contributed by atoms with Gasteiger partial charge in [-0.25, -0.2) is 17.5 Å². The summed E-state index contributed by atoms with van der Waals surface area (Å²) < 4.78 is 49.0. The first-order valence-electron chi connectivity index (χ1n) is 11.9. The van der Waals surface area contributed by atoms with Crippen LogP contribution in [0.3, 0.4) is 0 Å². The Balaban J connectivity index is 1.47. The Morgan fingerprint density at radius 1 is 1.12 bits per heavy atom. The monoisotopic (exact) mass is 476 g/mol. The van der Waals surface area contributed by atoms with Crippen molar-refractivity contribution in [1.82, 2.24) is 9.29 Å². The molecule has 1 saturated carbocycles. The fraction of sp³-hybridized carbons (Fsp3) is 0.560. The summed E-state index contributed by atoms with van der Waals surface area (Å²) in [7, 11) is -3.41. The summed E-state index contributed by atoms with van der Waals surface area (Å²) in [6, 6.07) is 9.83. The average Bonchev–Trinajstić information content (AvgIpc) is 2.81. The summed E-state index contributed by atoms with van der Waals surface area (Å²) in [5.74, 6) is 0.116. The summed E-state index contributed by atoms with van der Waals surface area (Å²) >= 11 is 0. The van der Waals surface area contributed by atoms with Gasteiger partial charge in [-0.15, -0.1) is 0 Å². The Hall–Kier alpha value is -2.03. The van der Waals surface area contributed by atoms with Gasteiger partial charge in [-0.05, 0) is 82.1 Å². The van der Waals surface area contributed by atoms with E-state index in [2.05, 4.69) is 4.72 Å². The molecule has 1 aliphatic carbocycles. The van der Waals surface area contributed by atoms with E-state index in [0.29, 0.717) is 24.3 Å². The number of rotatable bonds is 7. The fourth-order valence-electron chi connectivity index (χ4n) is 5.14. The van der Waals surface area contributed by atoms with Gasteiger partial charge in [0.25, 0.3) is 5.56 Å². The third-order valence-electron chi connectivity index (χ3n) is 7.11. The number of aromatic nitrogens is 1. The van der Waals surface area contributed by atoms with Crippen molar-refractivity contribution in [3.63, 3.8) is 0 Å². The zero-order valence-electron chi connectivity index (χ0n) is 19.3. The molecule has 0 spiro atoms. The number of hydrogen-bond acceptors (Lipinski definition) is 4. The number of hydrogen-bond donors (Lipinski definition) is 1. The van der Waals surface area contributed by atoms with Crippen molar-refractivity contribution < 1.29 is 17.5 Å². The van der Waals surface area contributed by atoms with Crippen LogP contribution >= 0.6 is 0 Å². The summed E-state index contributed by atoms with van der Waals surface area (Å²) in [6.45, 7) is 3.67. The number of sulfonamides is 1. The van der Waals surface area contributed by atoms with Gasteiger partial charge in [0.05, 0.1) is 24.5 Å². The highest BCUT2D eigenvalue weighted by atomic mass is 32.2. The maximum absolute atomic E-state index is 13.6. The number of nitrogens with zero attached hydrogens (tertiary/aromatic N) is 1. The van der Waals surface area contributed by atoms with Crippen molar-refractivity contribution in [3.8, 4) is 0 Å². The molecule has 2 aliphatic rings. The van der Waals surface area contributed by atoms with E-state index in [1.54, 1.807) is 30.5 Å². The van der Waals surface area contributed by atoms with Crippen LogP contribution in [0.15, 0.2) is 41.2 Å². The molecule has 0 bridgehead atoms. The maximum Gasteiger partial charge on any atom is 0.254 e. The van der Waals surface area contributed by atoms with Gasteiger partial charge < -0.3 is 9.30 Å². The lowest BCUT2D eigenvalue weighted by Gasteiger charge is -2.37. The molecule has 2 atom stereocenters. The minimum Gasteiger partial charge on any atom is -0.376 e. The topological polar surface area (TPSA) is 77.4 Å². The lowest BCUT2D eigenvalue weighted by atomic mass is 9.82. The molecule has 1 N–H and O–H groups in total. The molecule has 2 heterocycles. The SMILES string of the molecule is CCS(=O)(=O)NC1CCc2ccc(C)c(=O)n2C1COC1CCC(c2cccc(F)c2)CC1. The molecule has 0 radical (unpaired) electrons. The van der Waals surface area contributed by atoms with Gasteiger partial charge in [0.15, 0.2) is 0 Å². The Bertz CT molecular complexity index is 1140. The number of ether oxygens (including phenoxy) is 1. The lowest BCUT2D eigenvalue weighted by Crippen LogP contribution is -2.50. The van der Waals surface area contributed by atoms with Crippen LogP contribution in [0.2, 0.25) is 0 Å². The van der Waals surface area contributed by atoms with E-state index in [1.807, 2.05) is 18.2 Å². The van der Waals surface area contributed by atoms with Crippen molar-refractivity contribution >= 4 is 10.0 Å². The highest BCUT2D eigenvalue weighted by Gasteiger charge is 2.34. The molecule has 1 aromatic heterocycles. The fourth-order valence-corrected chi connectivity index (χ4v) is 6.04. The molecule has 6 nitrogen and oxygen atoms in total. The summed E-state index contributed by atoms with van der Waals surface area (Å²) in [5, 5.41) is 0. The third-order valence-corrected chi connectivity index (χ3v) is 8.53. The number of pyridine rings is 1. The predicted octanol–water partition coefficient (Wildman–Crippen LogP) is 3.83. The Labute approximate surface area is 195 Å². The second-order valence-electron chi connectivity index (χ2n) is 9.28. The second-order valence-corrected chi connectivity index (χ2v) is 11.3. The predicted molar refractivity (Wildman–Crippen MR) is 127 cm³/mol. The number of halogens is 1. The standard InChI is InChI=1S/C25H33FN2O4S/c1-3-33(30,31)27-23-14-11-21-10-7-17(2)25(29)28(21)24(23)16-32-22-12-8-18(9-13-22)19-5-4-6-20(26)15-19/h4-7,10,15,18,22-24,27H,3,8-9,11-14,16H2,1-2H3. The first-order valence-corrected chi connectivity index (χ1v) is 13.5. The summed E-state index contributed by atoms with van der Waals surface area (Å²) in [6.07, 6.45) is 4.86. The van der Waals surface area contributed by atoms with E-state index in [0.717, 1.165) is 36.9 Å². The largest absolute Gasteiger partial charge is 0.376 e. The minimum atomic E-state index is -3.41. The minimum absolute atomic E-state index is 0.00323. The average molecular weight is 477 g/mol. The van der Waals surface area contributed by atoms with Gasteiger partial charge in [-0.3, -0.25) is 4.79 Å². The lowest BCUT2D eigenvalue weighted by molar-refractivity contribution is -0.00170. The molecule has 0 amide bonds. The Morgan fingerprint density at radius 2 is 1.88 bits per heavy atom. The van der Waals surface area contributed by atoms with E-state index < -0.39 is 10.0 Å². The smallest absolute Gasteiger partial charge is 0.254 e. The van der Waals surface area contributed by atoms with Crippen molar-refractivity contribution in [2.45, 2.75) is 76.5 Å². The van der Waals surface area contributed by atoms with E-state index in [9.17, 15) is 17.6 Å². The number of fused-ring (bicyclic) bond motifs is 1. The zero-order valence-corrected chi connectivity index (χ0v) is 20.1. The van der Waals surface area contributed by atoms with Crippen LogP contribution in [0.4, 0.5) is 4.39 Å². The van der Waals surface area contributed by atoms with E-state index in [4.69, 9.17) is 4.74 Å². The Morgan fingerprint density at radius 3 is 2.58 bits per heavy atom. The van der Waals surface area contributed by atoms with Gasteiger partial charge in [-0.1, -0.05) is 18.2 Å². The molecule has 33 heavy (non-hydrogen) atoms. The molecule has 4 rings (SSSR count). The first-order chi connectivity index (χ1) is 15.8. The van der Waals surface area contributed by atoms with Gasteiger partial charge in [0, 0.05) is 17.3 Å². The van der Waals surface area contributed by atoms with Crippen LogP contribution in [0.5, 0.6) is 0 Å². The van der Waals surface area contributed by atoms with Gasteiger partial charge in [-0.2, -0.15) is 0 Å². The van der Waals surface area contributed by atoms with Gasteiger partial charge in [0.1, 0.15) is 5.82 Å². The second kappa shape index (κ2) is 10.1. The summed E-state index contributed by atoms with van der Waals surface area (Å²) in [5.41, 5.74) is 2.50. The number of benzene rings is 1. The number of nitrogens with one attached hydrogen (secondary N) is 1. The van der Waals surface area contributed by atoms with Gasteiger partial charge in [0.2, 0.25) is 10.0 Å². The van der Waals surface area contributed by atoms with Crippen molar-refractivity contribution in [1.29, 1.82) is 0 Å². The molecule has 1 aliphatic heterocycles. The highest BCUT2D eigenvalue weighted by Crippen LogP contribution is 2.35. The molecule has 2 aromatic rings. The first kappa shape index (κ1) is 24.1. The molecule has 2 unspecified atom stereocenters. The van der Waals surface area contributed by atoms with Gasteiger partial charge >= 0.3 is 0 Å².